The van der Waals surface area contributed by atoms with Crippen molar-refractivity contribution >= 4 is 34.0 Å². The zero-order chi connectivity index (χ0) is 12.8. The lowest BCUT2D eigenvalue weighted by Crippen LogP contribution is -2.28. The molecule has 0 aromatic carbocycles. The van der Waals surface area contributed by atoms with E-state index in [0.29, 0.717) is 18.1 Å². The van der Waals surface area contributed by atoms with Crippen LogP contribution in [0.15, 0.2) is 5.38 Å². The van der Waals surface area contributed by atoms with Crippen molar-refractivity contribution in [3.05, 3.63) is 16.1 Å². The maximum Gasteiger partial charge on any atom is 0.355 e. The molecule has 1 aromatic rings. The van der Waals surface area contributed by atoms with Crippen molar-refractivity contribution < 1.29 is 18.9 Å². The van der Waals surface area contributed by atoms with Crippen LogP contribution in [-0.4, -0.2) is 44.2 Å². The molecule has 94 valence electrons. The van der Waals surface area contributed by atoms with Gasteiger partial charge in [-0.15, -0.1) is 11.3 Å². The molecular formula is C9H12N2O4S2. The van der Waals surface area contributed by atoms with Gasteiger partial charge in [-0.1, -0.05) is 6.92 Å². The fourth-order valence-corrected chi connectivity index (χ4v) is 2.30. The molecule has 0 aliphatic heterocycles. The third-order valence-electron chi connectivity index (χ3n) is 1.85. The number of hydrogen-bond acceptors (Lipinski definition) is 5. The maximum absolute atomic E-state index is 11.5. The van der Waals surface area contributed by atoms with Gasteiger partial charge in [0.05, 0.1) is 0 Å². The summed E-state index contributed by atoms with van der Waals surface area (Å²) in [7, 11) is -0.928. The van der Waals surface area contributed by atoms with Gasteiger partial charge in [0, 0.05) is 34.2 Å². The molecule has 17 heavy (non-hydrogen) atoms. The molecule has 0 fully saturated rings. The van der Waals surface area contributed by atoms with Gasteiger partial charge in [0.25, 0.3) is 5.91 Å². The van der Waals surface area contributed by atoms with Gasteiger partial charge in [0.2, 0.25) is 0 Å². The first-order valence-corrected chi connectivity index (χ1v) is 7.23. The number of aromatic nitrogens is 1. The molecule has 8 heteroatoms. The molecule has 0 radical (unpaired) electrons. The number of carboxylic acid groups (broad SMARTS) is 1. The van der Waals surface area contributed by atoms with Crippen molar-refractivity contribution in [3.63, 3.8) is 0 Å². The van der Waals surface area contributed by atoms with Gasteiger partial charge in [0.1, 0.15) is 0 Å². The predicted octanol–water partition coefficient (Wildman–Crippen LogP) is 0.340. The number of thiazole rings is 1. The van der Waals surface area contributed by atoms with Gasteiger partial charge in [0.15, 0.2) is 10.7 Å². The van der Waals surface area contributed by atoms with E-state index in [9.17, 15) is 13.8 Å². The fraction of sp³-hybridized carbons (Fsp3) is 0.444. The Morgan fingerprint density at radius 3 is 2.82 bits per heavy atom. The summed E-state index contributed by atoms with van der Waals surface area (Å²) in [5.41, 5.74) is -0.141. The molecule has 1 amide bonds. The molecule has 0 saturated heterocycles. The first-order chi connectivity index (χ1) is 8.04. The highest BCUT2D eigenvalue weighted by Gasteiger charge is 2.14. The van der Waals surface area contributed by atoms with Crippen LogP contribution in [0.4, 0.5) is 0 Å². The number of nitrogens with one attached hydrogen (secondary N) is 1. The molecule has 2 N–H and O–H groups in total. The van der Waals surface area contributed by atoms with Crippen LogP contribution in [0, 0.1) is 0 Å². The number of aromatic carboxylic acids is 1. The topological polar surface area (TPSA) is 96.4 Å². The highest BCUT2D eigenvalue weighted by atomic mass is 32.2. The Bertz CT molecular complexity index is 444. The van der Waals surface area contributed by atoms with Crippen molar-refractivity contribution in [1.29, 1.82) is 0 Å². The molecule has 0 spiro atoms. The summed E-state index contributed by atoms with van der Waals surface area (Å²) in [5, 5.41) is 12.6. The van der Waals surface area contributed by atoms with Crippen LogP contribution in [0.25, 0.3) is 0 Å². The summed E-state index contributed by atoms with van der Waals surface area (Å²) < 4.78 is 11.1. The first kappa shape index (κ1) is 13.8. The Morgan fingerprint density at radius 1 is 1.59 bits per heavy atom. The summed E-state index contributed by atoms with van der Waals surface area (Å²) in [6.07, 6.45) is 0. The van der Waals surface area contributed by atoms with Gasteiger partial charge in [-0.25, -0.2) is 9.78 Å². The van der Waals surface area contributed by atoms with Crippen molar-refractivity contribution in [1.82, 2.24) is 10.3 Å². The summed E-state index contributed by atoms with van der Waals surface area (Å²) >= 11 is 0.971. The molecule has 0 saturated carbocycles. The minimum absolute atomic E-state index is 0.102. The normalized spacial score (nSPS) is 12.1. The second-order valence-electron chi connectivity index (χ2n) is 3.03. The molecule has 1 heterocycles. The van der Waals surface area contributed by atoms with Crippen LogP contribution >= 0.6 is 11.3 Å². The Labute approximate surface area is 105 Å². The Kier molecular flexibility index (Phi) is 5.23. The molecule has 0 aliphatic carbocycles. The molecule has 1 rings (SSSR count). The smallest absolute Gasteiger partial charge is 0.355 e. The second-order valence-corrected chi connectivity index (χ2v) is 5.75. The second kappa shape index (κ2) is 6.45. The Balaban J connectivity index is 2.47. The average molecular weight is 276 g/mol. The van der Waals surface area contributed by atoms with E-state index in [1.165, 1.54) is 5.38 Å². The van der Waals surface area contributed by atoms with E-state index in [-0.39, 0.29) is 10.7 Å². The molecule has 0 bridgehead atoms. The van der Waals surface area contributed by atoms with E-state index in [4.69, 9.17) is 5.11 Å². The highest BCUT2D eigenvalue weighted by Crippen LogP contribution is 2.09. The summed E-state index contributed by atoms with van der Waals surface area (Å²) in [4.78, 5) is 25.7. The Hall–Kier alpha value is -1.28. The van der Waals surface area contributed by atoms with E-state index in [1.807, 2.05) is 0 Å². The van der Waals surface area contributed by atoms with Crippen molar-refractivity contribution in [2.45, 2.75) is 6.92 Å². The molecule has 6 nitrogen and oxygen atoms in total. The number of amides is 1. The lowest BCUT2D eigenvalue weighted by Gasteiger charge is -2.01. The number of hydrogen-bond donors (Lipinski definition) is 2. The Morgan fingerprint density at radius 2 is 2.29 bits per heavy atom. The SMILES string of the molecule is CCS(=O)CCNC(=O)c1nc(C(=O)O)cs1. The van der Waals surface area contributed by atoms with E-state index in [1.54, 1.807) is 6.92 Å². The van der Waals surface area contributed by atoms with Crippen molar-refractivity contribution in [3.8, 4) is 0 Å². The first-order valence-electron chi connectivity index (χ1n) is 4.86. The molecule has 1 atom stereocenters. The van der Waals surface area contributed by atoms with E-state index in [0.717, 1.165) is 11.3 Å². The van der Waals surface area contributed by atoms with Gasteiger partial charge in [-0.05, 0) is 0 Å². The standard InChI is InChI=1S/C9H12N2O4S2/c1-2-17(15)4-3-10-7(12)8-11-6(5-16-8)9(13)14/h5H,2-4H2,1H3,(H,10,12)(H,13,14). The number of carbonyl (C=O) groups is 2. The zero-order valence-electron chi connectivity index (χ0n) is 9.13. The zero-order valence-corrected chi connectivity index (χ0v) is 10.8. The third kappa shape index (κ3) is 4.23. The molecule has 1 unspecified atom stereocenters. The molecular weight excluding hydrogens is 264 g/mol. The summed E-state index contributed by atoms with van der Waals surface area (Å²) in [5.74, 6) is -0.654. The quantitative estimate of drug-likeness (QED) is 0.781. The number of carboxylic acids is 1. The van der Waals surface area contributed by atoms with Gasteiger partial charge < -0.3 is 10.4 Å². The van der Waals surface area contributed by atoms with Crippen LogP contribution in [0.2, 0.25) is 0 Å². The average Bonchev–Trinajstić information content (AvgIpc) is 2.78. The minimum atomic E-state index is -1.16. The largest absolute Gasteiger partial charge is 0.476 e. The van der Waals surface area contributed by atoms with Gasteiger partial charge >= 0.3 is 5.97 Å². The maximum atomic E-state index is 11.5. The van der Waals surface area contributed by atoms with Crippen LogP contribution in [0.3, 0.4) is 0 Å². The number of nitrogens with zero attached hydrogens (tertiary/aromatic N) is 1. The highest BCUT2D eigenvalue weighted by molar-refractivity contribution is 7.84. The lowest BCUT2D eigenvalue weighted by atomic mass is 10.5. The monoisotopic (exact) mass is 276 g/mol. The van der Waals surface area contributed by atoms with Crippen LogP contribution < -0.4 is 5.32 Å². The van der Waals surface area contributed by atoms with E-state index < -0.39 is 22.7 Å². The minimum Gasteiger partial charge on any atom is -0.476 e. The number of rotatable bonds is 6. The molecule has 1 aromatic heterocycles. The predicted molar refractivity (Wildman–Crippen MR) is 65.0 cm³/mol. The summed E-state index contributed by atoms with van der Waals surface area (Å²) in [6, 6.07) is 0. The van der Waals surface area contributed by atoms with Crippen molar-refractivity contribution in [2.75, 3.05) is 18.1 Å². The van der Waals surface area contributed by atoms with Crippen LogP contribution in [-0.2, 0) is 10.8 Å². The summed E-state index contributed by atoms with van der Waals surface area (Å²) in [6.45, 7) is 2.10. The number of carbonyl (C=O) groups excluding carboxylic acids is 1. The lowest BCUT2D eigenvalue weighted by molar-refractivity contribution is 0.0691. The fourth-order valence-electron chi connectivity index (χ4n) is 0.975. The van der Waals surface area contributed by atoms with Crippen LogP contribution in [0.5, 0.6) is 0 Å². The van der Waals surface area contributed by atoms with Crippen molar-refractivity contribution in [2.24, 2.45) is 0 Å². The van der Waals surface area contributed by atoms with Gasteiger partial charge in [-0.3, -0.25) is 9.00 Å². The molecule has 0 aliphatic rings. The van der Waals surface area contributed by atoms with Gasteiger partial charge in [-0.2, -0.15) is 0 Å². The van der Waals surface area contributed by atoms with E-state index in [2.05, 4.69) is 10.3 Å². The van der Waals surface area contributed by atoms with Crippen LogP contribution in [0.1, 0.15) is 27.2 Å². The van der Waals surface area contributed by atoms with E-state index >= 15 is 0 Å². The third-order valence-corrected chi connectivity index (χ3v) is 4.00.